The Bertz CT molecular complexity index is 383. The van der Waals surface area contributed by atoms with E-state index < -0.39 is 0 Å². The summed E-state index contributed by atoms with van der Waals surface area (Å²) in [5.41, 5.74) is 5.30. The second-order valence-electron chi connectivity index (χ2n) is 4.07. The number of nitrogens with zero attached hydrogens (tertiary/aromatic N) is 3. The van der Waals surface area contributed by atoms with Crippen LogP contribution in [-0.2, 0) is 4.74 Å². The molecule has 0 bridgehead atoms. The molecule has 21 heavy (non-hydrogen) atoms. The molecule has 1 fully saturated rings. The maximum Gasteiger partial charge on any atom is 0.187 e. The van der Waals surface area contributed by atoms with Crippen LogP contribution in [0.4, 0.5) is 0 Å². The van der Waals surface area contributed by atoms with Crippen molar-refractivity contribution in [3.05, 3.63) is 0 Å². The second kappa shape index (κ2) is 11.3. The molecule has 4 N–H and O–H groups in total. The number of rotatable bonds is 6. The third-order valence-electron chi connectivity index (χ3n) is 2.59. The Morgan fingerprint density at radius 3 is 2.38 bits per heavy atom. The predicted octanol–water partition coefficient (Wildman–Crippen LogP) is -1.15. The molecule has 0 spiro atoms. The van der Waals surface area contributed by atoms with Gasteiger partial charge in [-0.15, -0.1) is 0 Å². The summed E-state index contributed by atoms with van der Waals surface area (Å²) in [6, 6.07) is 0. The fourth-order valence-corrected chi connectivity index (χ4v) is 1.71. The van der Waals surface area contributed by atoms with Gasteiger partial charge >= 0.3 is 0 Å². The van der Waals surface area contributed by atoms with Crippen LogP contribution < -0.4 is 21.5 Å². The van der Waals surface area contributed by atoms with Gasteiger partial charge in [-0.3, -0.25) is 15.8 Å². The highest BCUT2D eigenvalue weighted by Gasteiger charge is 2.09. The second-order valence-corrected chi connectivity index (χ2v) is 4.89. The van der Waals surface area contributed by atoms with E-state index in [0.29, 0.717) is 10.2 Å². The van der Waals surface area contributed by atoms with Gasteiger partial charge in [-0.1, -0.05) is 0 Å². The molecule has 118 valence electrons. The summed E-state index contributed by atoms with van der Waals surface area (Å²) < 4.78 is 5.29. The topological polar surface area (TPSA) is 85.3 Å². The molecule has 0 aromatic heterocycles. The van der Waals surface area contributed by atoms with Crippen molar-refractivity contribution in [1.29, 1.82) is 0 Å². The molecule has 8 nitrogen and oxygen atoms in total. The van der Waals surface area contributed by atoms with E-state index in [2.05, 4.69) is 36.6 Å². The van der Waals surface area contributed by atoms with Crippen molar-refractivity contribution in [3.63, 3.8) is 0 Å². The molecule has 0 unspecified atom stereocenters. The molecule has 0 radical (unpaired) electrons. The van der Waals surface area contributed by atoms with Crippen molar-refractivity contribution in [2.45, 2.75) is 0 Å². The SMILES string of the molecule is CNC(=S)NN=CC=NNC(=S)NCCN1CCOCC1. The van der Waals surface area contributed by atoms with E-state index in [9.17, 15) is 0 Å². The fourth-order valence-electron chi connectivity index (χ4n) is 1.51. The Morgan fingerprint density at radius 2 is 1.76 bits per heavy atom. The maximum absolute atomic E-state index is 5.29. The van der Waals surface area contributed by atoms with Crippen LogP contribution in [0.15, 0.2) is 10.2 Å². The minimum absolute atomic E-state index is 0.438. The number of hydrogen-bond donors (Lipinski definition) is 4. The van der Waals surface area contributed by atoms with E-state index >= 15 is 0 Å². The van der Waals surface area contributed by atoms with E-state index in [1.807, 2.05) is 0 Å². The lowest BCUT2D eigenvalue weighted by molar-refractivity contribution is 0.0389. The zero-order chi connectivity index (χ0) is 15.3. The molecule has 0 amide bonds. The lowest BCUT2D eigenvalue weighted by atomic mass is 10.4. The number of thiocarbonyl (C=S) groups is 2. The third-order valence-corrected chi connectivity index (χ3v) is 3.12. The number of morpholine rings is 1. The Balaban J connectivity index is 2.03. The molecule has 0 aromatic carbocycles. The quantitative estimate of drug-likeness (QED) is 0.276. The van der Waals surface area contributed by atoms with Gasteiger partial charge in [0.05, 0.1) is 25.6 Å². The number of hydrazone groups is 2. The Kier molecular flexibility index (Phi) is 9.53. The van der Waals surface area contributed by atoms with Gasteiger partial charge in [0, 0.05) is 33.2 Å². The largest absolute Gasteiger partial charge is 0.379 e. The van der Waals surface area contributed by atoms with Gasteiger partial charge in [-0.05, 0) is 24.4 Å². The first-order chi connectivity index (χ1) is 10.2. The fraction of sp³-hybridized carbons (Fsp3) is 0.636. The van der Waals surface area contributed by atoms with Crippen molar-refractivity contribution in [2.75, 3.05) is 46.4 Å². The summed E-state index contributed by atoms with van der Waals surface area (Å²) in [5.74, 6) is 0. The summed E-state index contributed by atoms with van der Waals surface area (Å²) in [4.78, 5) is 2.32. The zero-order valence-electron chi connectivity index (χ0n) is 12.0. The van der Waals surface area contributed by atoms with Gasteiger partial charge in [-0.25, -0.2) is 0 Å². The summed E-state index contributed by atoms with van der Waals surface area (Å²) >= 11 is 9.93. The summed E-state index contributed by atoms with van der Waals surface area (Å²) in [6.07, 6.45) is 2.94. The lowest BCUT2D eigenvalue weighted by Crippen LogP contribution is -2.42. The molecule has 0 atom stereocenters. The Morgan fingerprint density at radius 1 is 1.14 bits per heavy atom. The van der Waals surface area contributed by atoms with Gasteiger partial charge in [-0.2, -0.15) is 10.2 Å². The third kappa shape index (κ3) is 9.24. The van der Waals surface area contributed by atoms with Crippen LogP contribution in [0.2, 0.25) is 0 Å². The molecule has 10 heteroatoms. The average Bonchev–Trinajstić information content (AvgIpc) is 2.51. The normalized spacial score (nSPS) is 16.0. The maximum atomic E-state index is 5.29. The molecule has 0 aromatic rings. The highest BCUT2D eigenvalue weighted by atomic mass is 32.1. The van der Waals surface area contributed by atoms with Gasteiger partial charge in [0.1, 0.15) is 0 Å². The first kappa shape index (κ1) is 17.7. The van der Waals surface area contributed by atoms with Gasteiger partial charge in [0.2, 0.25) is 0 Å². The van der Waals surface area contributed by atoms with Crippen LogP contribution in [-0.4, -0.2) is 74.0 Å². The highest BCUT2D eigenvalue weighted by Crippen LogP contribution is 1.94. The van der Waals surface area contributed by atoms with Gasteiger partial charge < -0.3 is 15.4 Å². The molecule has 1 saturated heterocycles. The van der Waals surface area contributed by atoms with Gasteiger partial charge in [0.25, 0.3) is 0 Å². The van der Waals surface area contributed by atoms with E-state index in [0.717, 1.165) is 39.4 Å². The molecular weight excluding hydrogens is 310 g/mol. The average molecular weight is 331 g/mol. The molecule has 1 aliphatic heterocycles. The monoisotopic (exact) mass is 331 g/mol. The molecule has 1 heterocycles. The predicted molar refractivity (Wildman–Crippen MR) is 92.8 cm³/mol. The van der Waals surface area contributed by atoms with Crippen molar-refractivity contribution >= 4 is 47.1 Å². The summed E-state index contributed by atoms with van der Waals surface area (Å²) in [5, 5.41) is 14.4. The number of hydrogen-bond acceptors (Lipinski definition) is 6. The first-order valence-electron chi connectivity index (χ1n) is 6.58. The van der Waals surface area contributed by atoms with Crippen LogP contribution >= 0.6 is 24.4 Å². The Hall–Kier alpha value is -1.36. The number of ether oxygens (including phenoxy) is 1. The van der Waals surface area contributed by atoms with Gasteiger partial charge in [0.15, 0.2) is 10.2 Å². The van der Waals surface area contributed by atoms with Crippen LogP contribution in [0.3, 0.4) is 0 Å². The van der Waals surface area contributed by atoms with Crippen molar-refractivity contribution in [2.24, 2.45) is 10.2 Å². The smallest absolute Gasteiger partial charge is 0.187 e. The van der Waals surface area contributed by atoms with Crippen LogP contribution in [0.5, 0.6) is 0 Å². The minimum atomic E-state index is 0.438. The van der Waals surface area contributed by atoms with Crippen molar-refractivity contribution in [1.82, 2.24) is 26.4 Å². The minimum Gasteiger partial charge on any atom is -0.379 e. The van der Waals surface area contributed by atoms with E-state index in [4.69, 9.17) is 29.2 Å². The van der Waals surface area contributed by atoms with E-state index in [1.165, 1.54) is 12.4 Å². The van der Waals surface area contributed by atoms with Crippen LogP contribution in [0.25, 0.3) is 0 Å². The molecule has 0 aliphatic carbocycles. The van der Waals surface area contributed by atoms with Crippen molar-refractivity contribution in [3.8, 4) is 0 Å². The molecule has 1 rings (SSSR count). The molecular formula is C11H21N7OS2. The summed E-state index contributed by atoms with van der Waals surface area (Å²) in [7, 11) is 1.71. The van der Waals surface area contributed by atoms with Crippen LogP contribution in [0, 0.1) is 0 Å². The highest BCUT2D eigenvalue weighted by molar-refractivity contribution is 7.80. The first-order valence-corrected chi connectivity index (χ1v) is 7.40. The Labute approximate surface area is 135 Å². The van der Waals surface area contributed by atoms with Crippen molar-refractivity contribution < 1.29 is 4.74 Å². The van der Waals surface area contributed by atoms with E-state index in [-0.39, 0.29) is 0 Å². The number of nitrogens with one attached hydrogen (secondary N) is 4. The lowest BCUT2D eigenvalue weighted by Gasteiger charge is -2.26. The van der Waals surface area contributed by atoms with E-state index in [1.54, 1.807) is 7.05 Å². The summed E-state index contributed by atoms with van der Waals surface area (Å²) in [6.45, 7) is 5.25. The molecule has 0 saturated carbocycles. The molecule has 1 aliphatic rings. The van der Waals surface area contributed by atoms with Crippen LogP contribution in [0.1, 0.15) is 0 Å². The zero-order valence-corrected chi connectivity index (χ0v) is 13.6. The standard InChI is InChI=1S/C11H21N7OS2/c1-12-10(20)16-14-2-3-15-17-11(21)13-4-5-18-6-8-19-9-7-18/h2-3H,4-9H2,1H3,(H2,12,16,20)(H2,13,17,21).